The smallest absolute Gasteiger partial charge is 0.177 e. The fraction of sp³-hybridized carbons (Fsp3) is 0.714. The lowest BCUT2D eigenvalue weighted by Gasteiger charge is -2.26. The predicted molar refractivity (Wildman–Crippen MR) is 67.3 cm³/mol. The molecule has 0 saturated carbocycles. The van der Waals surface area contributed by atoms with Gasteiger partial charge in [0.2, 0.25) is 0 Å². The van der Waals surface area contributed by atoms with Gasteiger partial charge in [-0.3, -0.25) is 0 Å². The highest BCUT2D eigenvalue weighted by atomic mass is 16.7. The fourth-order valence-corrected chi connectivity index (χ4v) is 1.68. The highest BCUT2D eigenvalue weighted by molar-refractivity contribution is 5.03. The van der Waals surface area contributed by atoms with Crippen LogP contribution in [0, 0.1) is 0 Å². The quantitative estimate of drug-likeness (QED) is 0.676. The van der Waals surface area contributed by atoms with Gasteiger partial charge in [0.05, 0.1) is 12.7 Å². The summed E-state index contributed by atoms with van der Waals surface area (Å²) in [6, 6.07) is 0. The minimum atomic E-state index is -0.129. The molecule has 2 unspecified atom stereocenters. The Labute approximate surface area is 99.3 Å². The molecule has 1 aliphatic rings. The number of ether oxygens (including phenoxy) is 2. The third-order valence-corrected chi connectivity index (χ3v) is 2.68. The first-order chi connectivity index (χ1) is 7.58. The van der Waals surface area contributed by atoms with Gasteiger partial charge in [-0.15, -0.1) is 0 Å². The molecule has 0 aromatic carbocycles. The van der Waals surface area contributed by atoms with E-state index >= 15 is 0 Å². The van der Waals surface area contributed by atoms with E-state index < -0.39 is 0 Å². The summed E-state index contributed by atoms with van der Waals surface area (Å²) in [6.45, 7) is 9.32. The minimum absolute atomic E-state index is 0.129. The number of rotatable bonds is 4. The summed E-state index contributed by atoms with van der Waals surface area (Å²) < 4.78 is 11.2. The van der Waals surface area contributed by atoms with Gasteiger partial charge in [-0.25, -0.2) is 0 Å². The van der Waals surface area contributed by atoms with Crippen LogP contribution in [0.15, 0.2) is 23.3 Å². The van der Waals surface area contributed by atoms with E-state index in [1.54, 1.807) is 0 Å². The summed E-state index contributed by atoms with van der Waals surface area (Å²) in [5.41, 5.74) is 2.73. The molecular weight excluding hydrogens is 200 g/mol. The third kappa shape index (κ3) is 5.47. The van der Waals surface area contributed by atoms with Crippen molar-refractivity contribution in [2.24, 2.45) is 0 Å². The Morgan fingerprint density at radius 3 is 2.69 bits per heavy atom. The lowest BCUT2D eigenvalue weighted by molar-refractivity contribution is -0.181. The van der Waals surface area contributed by atoms with E-state index in [2.05, 4.69) is 39.8 Å². The lowest BCUT2D eigenvalue weighted by Crippen LogP contribution is -2.29. The van der Waals surface area contributed by atoms with Crippen LogP contribution in [-0.4, -0.2) is 19.0 Å². The van der Waals surface area contributed by atoms with Crippen LogP contribution < -0.4 is 0 Å². The maximum atomic E-state index is 5.67. The molecule has 16 heavy (non-hydrogen) atoms. The molecule has 2 heteroatoms. The van der Waals surface area contributed by atoms with Crippen molar-refractivity contribution in [3.63, 3.8) is 0 Å². The molecule has 92 valence electrons. The normalized spacial score (nSPS) is 26.6. The lowest BCUT2D eigenvalue weighted by atomic mass is 10.1. The summed E-state index contributed by atoms with van der Waals surface area (Å²) in [5.74, 6) is 0. The van der Waals surface area contributed by atoms with E-state index in [9.17, 15) is 0 Å². The zero-order valence-corrected chi connectivity index (χ0v) is 11.0. The van der Waals surface area contributed by atoms with Crippen LogP contribution >= 0.6 is 0 Å². The Hall–Kier alpha value is -0.600. The molecule has 1 rings (SSSR count). The van der Waals surface area contributed by atoms with Crippen molar-refractivity contribution in [2.75, 3.05) is 6.61 Å². The molecule has 1 heterocycles. The molecule has 1 aliphatic heterocycles. The maximum Gasteiger partial charge on any atom is 0.177 e. The minimum Gasteiger partial charge on any atom is -0.349 e. The zero-order valence-electron chi connectivity index (χ0n) is 11.0. The zero-order chi connectivity index (χ0) is 12.0. The molecule has 0 bridgehead atoms. The molecule has 0 N–H and O–H groups in total. The van der Waals surface area contributed by atoms with Crippen molar-refractivity contribution >= 4 is 0 Å². The summed E-state index contributed by atoms with van der Waals surface area (Å²) >= 11 is 0. The average Bonchev–Trinajstić information content (AvgIpc) is 2.16. The first kappa shape index (κ1) is 13.5. The molecule has 0 spiro atoms. The van der Waals surface area contributed by atoms with Crippen LogP contribution in [0.3, 0.4) is 0 Å². The summed E-state index contributed by atoms with van der Waals surface area (Å²) in [4.78, 5) is 0. The molecule has 0 aromatic rings. The Balaban J connectivity index is 2.34. The molecule has 2 atom stereocenters. The van der Waals surface area contributed by atoms with E-state index in [0.29, 0.717) is 6.10 Å². The maximum absolute atomic E-state index is 5.67. The van der Waals surface area contributed by atoms with E-state index in [1.165, 1.54) is 11.1 Å². The molecule has 0 amide bonds. The SMILES string of the molecule is CC(C)=CCCC(C)=CC1OCCC(C)O1. The van der Waals surface area contributed by atoms with Crippen molar-refractivity contribution in [1.82, 2.24) is 0 Å². The van der Waals surface area contributed by atoms with Gasteiger partial charge in [0.15, 0.2) is 6.29 Å². The van der Waals surface area contributed by atoms with Gasteiger partial charge in [-0.2, -0.15) is 0 Å². The average molecular weight is 224 g/mol. The molecule has 0 aliphatic carbocycles. The predicted octanol–water partition coefficient (Wildman–Crippen LogP) is 3.83. The van der Waals surface area contributed by atoms with Gasteiger partial charge >= 0.3 is 0 Å². The molecule has 1 fully saturated rings. The van der Waals surface area contributed by atoms with Crippen LogP contribution in [0.4, 0.5) is 0 Å². The van der Waals surface area contributed by atoms with Gasteiger partial charge in [0.1, 0.15) is 0 Å². The standard InChI is InChI=1S/C14H24O2/c1-11(2)6-5-7-12(3)10-14-15-9-8-13(4)16-14/h6,10,13-14H,5,7-9H2,1-4H3. The summed E-state index contributed by atoms with van der Waals surface area (Å²) in [7, 11) is 0. The van der Waals surface area contributed by atoms with Gasteiger partial charge in [0, 0.05) is 0 Å². The van der Waals surface area contributed by atoms with Crippen LogP contribution in [0.1, 0.15) is 47.0 Å². The van der Waals surface area contributed by atoms with Gasteiger partial charge in [0.25, 0.3) is 0 Å². The molecule has 0 radical (unpaired) electrons. The topological polar surface area (TPSA) is 18.5 Å². The number of allylic oxidation sites excluding steroid dienone is 3. The van der Waals surface area contributed by atoms with Crippen molar-refractivity contribution in [2.45, 2.75) is 59.4 Å². The second kappa shape index (κ2) is 6.87. The van der Waals surface area contributed by atoms with Crippen LogP contribution in [-0.2, 0) is 9.47 Å². The Morgan fingerprint density at radius 2 is 2.06 bits per heavy atom. The monoisotopic (exact) mass is 224 g/mol. The van der Waals surface area contributed by atoms with E-state index in [0.717, 1.165) is 25.9 Å². The fourth-order valence-electron chi connectivity index (χ4n) is 1.68. The molecule has 1 saturated heterocycles. The van der Waals surface area contributed by atoms with Crippen LogP contribution in [0.2, 0.25) is 0 Å². The highest BCUT2D eigenvalue weighted by Gasteiger charge is 2.17. The van der Waals surface area contributed by atoms with Crippen molar-refractivity contribution in [3.8, 4) is 0 Å². The van der Waals surface area contributed by atoms with Gasteiger partial charge < -0.3 is 9.47 Å². The Morgan fingerprint density at radius 1 is 1.31 bits per heavy atom. The van der Waals surface area contributed by atoms with Crippen molar-refractivity contribution in [3.05, 3.63) is 23.3 Å². The number of hydrogen-bond donors (Lipinski definition) is 0. The van der Waals surface area contributed by atoms with Gasteiger partial charge in [-0.05, 0) is 53.0 Å². The second-order valence-corrected chi connectivity index (χ2v) is 4.81. The first-order valence-electron chi connectivity index (χ1n) is 6.15. The Kier molecular flexibility index (Phi) is 5.78. The van der Waals surface area contributed by atoms with E-state index in [1.807, 2.05) is 0 Å². The Bertz CT molecular complexity index is 262. The summed E-state index contributed by atoms with van der Waals surface area (Å²) in [6.07, 6.45) is 7.75. The third-order valence-electron chi connectivity index (χ3n) is 2.68. The van der Waals surface area contributed by atoms with E-state index in [-0.39, 0.29) is 6.29 Å². The van der Waals surface area contributed by atoms with Crippen molar-refractivity contribution in [1.29, 1.82) is 0 Å². The van der Waals surface area contributed by atoms with Crippen LogP contribution in [0.25, 0.3) is 0 Å². The molecule has 0 aromatic heterocycles. The van der Waals surface area contributed by atoms with E-state index in [4.69, 9.17) is 9.47 Å². The summed E-state index contributed by atoms with van der Waals surface area (Å²) in [5, 5.41) is 0. The van der Waals surface area contributed by atoms with Crippen LogP contribution in [0.5, 0.6) is 0 Å². The second-order valence-electron chi connectivity index (χ2n) is 4.81. The molecular formula is C14H24O2. The molecule has 2 nitrogen and oxygen atoms in total. The number of hydrogen-bond acceptors (Lipinski definition) is 2. The first-order valence-corrected chi connectivity index (χ1v) is 6.15. The van der Waals surface area contributed by atoms with Crippen molar-refractivity contribution < 1.29 is 9.47 Å². The highest BCUT2D eigenvalue weighted by Crippen LogP contribution is 2.16. The largest absolute Gasteiger partial charge is 0.349 e. The van der Waals surface area contributed by atoms with Gasteiger partial charge in [-0.1, -0.05) is 17.2 Å².